The fourth-order valence-corrected chi connectivity index (χ4v) is 3.03. The molecule has 4 atom stereocenters. The van der Waals surface area contributed by atoms with Crippen molar-refractivity contribution in [1.82, 2.24) is 10.6 Å². The Hall–Kier alpha value is -1.30. The minimum Gasteiger partial charge on any atom is -0.481 e. The van der Waals surface area contributed by atoms with Crippen molar-refractivity contribution in [3.63, 3.8) is 0 Å². The molecule has 6 heteroatoms. The number of aliphatic carboxylic acids is 1. The van der Waals surface area contributed by atoms with E-state index in [4.69, 9.17) is 9.84 Å². The average Bonchev–Trinajstić information content (AvgIpc) is 2.98. The third kappa shape index (κ3) is 3.83. The van der Waals surface area contributed by atoms with Gasteiger partial charge in [-0.2, -0.15) is 0 Å². The van der Waals surface area contributed by atoms with Crippen molar-refractivity contribution in [3.05, 3.63) is 0 Å². The first kappa shape index (κ1) is 14.1. The van der Waals surface area contributed by atoms with Crippen molar-refractivity contribution in [2.24, 2.45) is 5.92 Å². The van der Waals surface area contributed by atoms with E-state index in [1.165, 1.54) is 0 Å². The lowest BCUT2D eigenvalue weighted by Crippen LogP contribution is -2.45. The van der Waals surface area contributed by atoms with Gasteiger partial charge in [0.2, 0.25) is 0 Å². The van der Waals surface area contributed by atoms with E-state index in [-0.39, 0.29) is 30.1 Å². The summed E-state index contributed by atoms with van der Waals surface area (Å²) in [5, 5.41) is 14.7. The summed E-state index contributed by atoms with van der Waals surface area (Å²) in [5.41, 5.74) is 0. The second-order valence-corrected chi connectivity index (χ2v) is 5.53. The van der Waals surface area contributed by atoms with Gasteiger partial charge in [0, 0.05) is 19.2 Å². The van der Waals surface area contributed by atoms with Gasteiger partial charge in [-0.3, -0.25) is 4.79 Å². The lowest BCUT2D eigenvalue weighted by molar-refractivity contribution is -0.141. The number of carbonyl (C=O) groups is 2. The Morgan fingerprint density at radius 2 is 1.68 bits per heavy atom. The molecule has 2 rings (SSSR count). The topological polar surface area (TPSA) is 87.7 Å². The summed E-state index contributed by atoms with van der Waals surface area (Å²) >= 11 is 0. The second-order valence-electron chi connectivity index (χ2n) is 5.53. The molecule has 0 aromatic heterocycles. The van der Waals surface area contributed by atoms with Crippen LogP contribution in [0, 0.1) is 5.92 Å². The average molecular weight is 270 g/mol. The first-order valence-electron chi connectivity index (χ1n) is 6.91. The van der Waals surface area contributed by atoms with Crippen LogP contribution in [-0.4, -0.2) is 42.4 Å². The maximum Gasteiger partial charge on any atom is 0.315 e. The van der Waals surface area contributed by atoms with Gasteiger partial charge >= 0.3 is 12.0 Å². The number of urea groups is 1. The van der Waals surface area contributed by atoms with Crippen LogP contribution in [0.25, 0.3) is 0 Å². The standard InChI is InChI=1S/C13H22N2O4/c1-19-11-5-4-10(7-11)15-13(18)14-9-3-2-8(6-9)12(16)17/h8-11H,2-7H2,1H3,(H,16,17)(H2,14,15,18)/t8-,9+,10?,11?/m1/s1. The van der Waals surface area contributed by atoms with E-state index in [1.807, 2.05) is 0 Å². The first-order chi connectivity index (χ1) is 9.08. The van der Waals surface area contributed by atoms with E-state index in [1.54, 1.807) is 7.11 Å². The zero-order chi connectivity index (χ0) is 13.8. The molecule has 19 heavy (non-hydrogen) atoms. The quantitative estimate of drug-likeness (QED) is 0.714. The van der Waals surface area contributed by atoms with Crippen molar-refractivity contribution >= 4 is 12.0 Å². The van der Waals surface area contributed by atoms with Crippen LogP contribution in [0.1, 0.15) is 38.5 Å². The second kappa shape index (κ2) is 6.23. The van der Waals surface area contributed by atoms with Gasteiger partial charge in [0.15, 0.2) is 0 Å². The molecule has 0 aliphatic heterocycles. The van der Waals surface area contributed by atoms with Gasteiger partial charge in [0.25, 0.3) is 0 Å². The summed E-state index contributed by atoms with van der Waals surface area (Å²) in [6.45, 7) is 0. The molecule has 3 N–H and O–H groups in total. The highest BCUT2D eigenvalue weighted by Gasteiger charge is 2.31. The Labute approximate surface area is 112 Å². The smallest absolute Gasteiger partial charge is 0.315 e. The molecule has 6 nitrogen and oxygen atoms in total. The van der Waals surface area contributed by atoms with Crippen LogP contribution in [0.2, 0.25) is 0 Å². The predicted octanol–water partition coefficient (Wildman–Crippen LogP) is 1.11. The van der Waals surface area contributed by atoms with E-state index in [9.17, 15) is 9.59 Å². The van der Waals surface area contributed by atoms with Crippen LogP contribution < -0.4 is 10.6 Å². The molecule has 0 aromatic carbocycles. The van der Waals surface area contributed by atoms with Crippen LogP contribution in [0.15, 0.2) is 0 Å². The Balaban J connectivity index is 1.69. The van der Waals surface area contributed by atoms with Crippen LogP contribution in [-0.2, 0) is 9.53 Å². The summed E-state index contributed by atoms with van der Waals surface area (Å²) in [7, 11) is 1.69. The van der Waals surface area contributed by atoms with E-state index in [0.717, 1.165) is 25.7 Å². The molecule has 0 spiro atoms. The normalized spacial score (nSPS) is 34.2. The SMILES string of the molecule is COC1CCC(NC(=O)N[C@H]2CC[C@@H](C(=O)O)C2)C1. The number of amides is 2. The molecule has 0 radical (unpaired) electrons. The maximum atomic E-state index is 11.8. The number of carboxylic acids is 1. The van der Waals surface area contributed by atoms with Crippen LogP contribution in [0.4, 0.5) is 4.79 Å². The number of methoxy groups -OCH3 is 1. The van der Waals surface area contributed by atoms with Crippen molar-refractivity contribution in [2.75, 3.05) is 7.11 Å². The third-order valence-corrected chi connectivity index (χ3v) is 4.17. The van der Waals surface area contributed by atoms with Crippen molar-refractivity contribution in [2.45, 2.75) is 56.7 Å². The summed E-state index contributed by atoms with van der Waals surface area (Å²) in [5.74, 6) is -1.07. The molecule has 0 bridgehead atoms. The van der Waals surface area contributed by atoms with Crippen LogP contribution in [0.3, 0.4) is 0 Å². The van der Waals surface area contributed by atoms with Gasteiger partial charge in [-0.25, -0.2) is 4.79 Å². The van der Waals surface area contributed by atoms with E-state index in [0.29, 0.717) is 12.8 Å². The molecule has 2 aliphatic carbocycles. The molecule has 0 heterocycles. The van der Waals surface area contributed by atoms with Gasteiger partial charge in [0.05, 0.1) is 12.0 Å². The Morgan fingerprint density at radius 3 is 2.21 bits per heavy atom. The summed E-state index contributed by atoms with van der Waals surface area (Å²) in [4.78, 5) is 22.7. The van der Waals surface area contributed by atoms with Gasteiger partial charge in [-0.1, -0.05) is 0 Å². The Bertz CT molecular complexity index is 348. The molecule has 2 fully saturated rings. The van der Waals surface area contributed by atoms with Crippen molar-refractivity contribution < 1.29 is 19.4 Å². The van der Waals surface area contributed by atoms with E-state index < -0.39 is 5.97 Å². The zero-order valence-electron chi connectivity index (χ0n) is 11.2. The van der Waals surface area contributed by atoms with Crippen molar-refractivity contribution in [1.29, 1.82) is 0 Å². The molecule has 0 aromatic rings. The number of ether oxygens (including phenoxy) is 1. The summed E-state index contributed by atoms with van der Waals surface area (Å²) in [6.07, 6.45) is 4.94. The highest BCUT2D eigenvalue weighted by atomic mass is 16.5. The third-order valence-electron chi connectivity index (χ3n) is 4.17. The number of hydrogen-bond donors (Lipinski definition) is 3. The van der Waals surface area contributed by atoms with Gasteiger partial charge < -0.3 is 20.5 Å². The minimum atomic E-state index is -0.761. The molecule has 0 saturated heterocycles. The molecule has 2 saturated carbocycles. The zero-order valence-corrected chi connectivity index (χ0v) is 11.2. The van der Waals surface area contributed by atoms with Crippen molar-refractivity contribution in [3.8, 4) is 0 Å². The Morgan fingerprint density at radius 1 is 1.05 bits per heavy atom. The highest BCUT2D eigenvalue weighted by molar-refractivity contribution is 5.75. The summed E-state index contributed by atoms with van der Waals surface area (Å²) < 4.78 is 5.26. The number of carbonyl (C=O) groups excluding carboxylic acids is 1. The fourth-order valence-electron chi connectivity index (χ4n) is 3.03. The first-order valence-corrected chi connectivity index (χ1v) is 6.91. The fraction of sp³-hybridized carbons (Fsp3) is 0.846. The summed E-state index contributed by atoms with van der Waals surface area (Å²) in [6, 6.07) is -0.0276. The molecule has 2 amide bonds. The van der Waals surface area contributed by atoms with Crippen LogP contribution in [0.5, 0.6) is 0 Å². The van der Waals surface area contributed by atoms with Gasteiger partial charge in [-0.15, -0.1) is 0 Å². The Kier molecular flexibility index (Phi) is 4.63. The minimum absolute atomic E-state index is 0.0132. The highest BCUT2D eigenvalue weighted by Crippen LogP contribution is 2.26. The monoisotopic (exact) mass is 270 g/mol. The molecular formula is C13H22N2O4. The van der Waals surface area contributed by atoms with Gasteiger partial charge in [-0.05, 0) is 38.5 Å². The van der Waals surface area contributed by atoms with E-state index >= 15 is 0 Å². The molecule has 108 valence electrons. The predicted molar refractivity (Wildman–Crippen MR) is 68.9 cm³/mol. The number of nitrogens with one attached hydrogen (secondary N) is 2. The molecule has 2 aliphatic rings. The number of hydrogen-bond acceptors (Lipinski definition) is 3. The lowest BCUT2D eigenvalue weighted by atomic mass is 10.1. The largest absolute Gasteiger partial charge is 0.481 e. The molecular weight excluding hydrogens is 248 g/mol. The lowest BCUT2D eigenvalue weighted by Gasteiger charge is -2.17. The number of carboxylic acid groups (broad SMARTS) is 1. The molecule has 2 unspecified atom stereocenters. The van der Waals surface area contributed by atoms with Gasteiger partial charge in [0.1, 0.15) is 0 Å². The van der Waals surface area contributed by atoms with Crippen LogP contribution >= 0.6 is 0 Å². The maximum absolute atomic E-state index is 11.8. The van der Waals surface area contributed by atoms with E-state index in [2.05, 4.69) is 10.6 Å². The number of rotatable bonds is 4.